The number of ether oxygens (including phenoxy) is 1. The number of aliphatic carboxylic acids is 1. The van der Waals surface area contributed by atoms with Crippen LogP contribution in [0.25, 0.3) is 0 Å². The first-order valence-corrected chi connectivity index (χ1v) is 8.20. The topological polar surface area (TPSA) is 46.5 Å². The summed E-state index contributed by atoms with van der Waals surface area (Å²) >= 11 is 19.0. The molecule has 7 heteroatoms. The molecule has 0 aromatic heterocycles. The third kappa shape index (κ3) is 4.71. The minimum atomic E-state index is -1.00. The summed E-state index contributed by atoms with van der Waals surface area (Å²) in [6.45, 7) is -0.0246. The number of thioether (sulfide) groups is 1. The first kappa shape index (κ1) is 17.3. The maximum absolute atomic E-state index is 11.4. The number of rotatable bonds is 6. The lowest BCUT2D eigenvalue weighted by Crippen LogP contribution is -2.24. The molecule has 0 fully saturated rings. The Hall–Kier alpha value is -1.07. The minimum absolute atomic E-state index is 0.0246. The monoisotopic (exact) mass is 376 g/mol. The van der Waals surface area contributed by atoms with Crippen LogP contribution in [-0.2, 0) is 4.79 Å². The number of benzene rings is 2. The Balaban J connectivity index is 2.07. The Morgan fingerprint density at radius 1 is 1.09 bits per heavy atom. The van der Waals surface area contributed by atoms with E-state index in [-0.39, 0.29) is 6.61 Å². The fourth-order valence-corrected chi connectivity index (χ4v) is 3.27. The van der Waals surface area contributed by atoms with E-state index in [1.165, 1.54) is 0 Å². The zero-order valence-electron chi connectivity index (χ0n) is 11.1. The van der Waals surface area contributed by atoms with Crippen LogP contribution in [0.5, 0.6) is 5.75 Å². The summed E-state index contributed by atoms with van der Waals surface area (Å²) in [6, 6.07) is 11.7. The molecule has 0 aliphatic heterocycles. The molecule has 0 spiro atoms. The average Bonchev–Trinajstić information content (AvgIpc) is 2.47. The Bertz CT molecular complexity index is 641. The fourth-order valence-electron chi connectivity index (χ4n) is 1.60. The van der Waals surface area contributed by atoms with Crippen LogP contribution in [0.3, 0.4) is 0 Å². The SMILES string of the molecule is O=C(O)C(COc1ccc(Cl)cc1)Sc1c(Cl)cccc1Cl. The molecular weight excluding hydrogens is 367 g/mol. The molecule has 0 saturated carbocycles. The molecule has 0 saturated heterocycles. The van der Waals surface area contributed by atoms with Crippen molar-refractivity contribution in [2.24, 2.45) is 0 Å². The van der Waals surface area contributed by atoms with E-state index in [0.29, 0.717) is 25.7 Å². The standard InChI is InChI=1S/C15H11Cl3O3S/c16-9-4-6-10(7-5-9)21-8-13(15(19)20)22-14-11(17)2-1-3-12(14)18/h1-7,13H,8H2,(H,19,20). The van der Waals surface area contributed by atoms with Crippen molar-refractivity contribution in [3.8, 4) is 5.75 Å². The Morgan fingerprint density at radius 2 is 1.68 bits per heavy atom. The lowest BCUT2D eigenvalue weighted by molar-refractivity contribution is -0.136. The summed E-state index contributed by atoms with van der Waals surface area (Å²) in [7, 11) is 0. The van der Waals surface area contributed by atoms with Gasteiger partial charge in [0.25, 0.3) is 0 Å². The largest absolute Gasteiger partial charge is 0.492 e. The van der Waals surface area contributed by atoms with Gasteiger partial charge in [0.2, 0.25) is 0 Å². The summed E-state index contributed by atoms with van der Waals surface area (Å²) < 4.78 is 5.49. The molecule has 1 unspecified atom stereocenters. The molecule has 0 amide bonds. The van der Waals surface area contributed by atoms with Gasteiger partial charge in [0.1, 0.15) is 17.6 Å². The smallest absolute Gasteiger partial charge is 0.320 e. The van der Waals surface area contributed by atoms with Gasteiger partial charge in [-0.15, -0.1) is 11.8 Å². The summed E-state index contributed by atoms with van der Waals surface area (Å²) in [5.41, 5.74) is 0. The number of carboxylic acids is 1. The van der Waals surface area contributed by atoms with Gasteiger partial charge in [-0.3, -0.25) is 4.79 Å². The minimum Gasteiger partial charge on any atom is -0.492 e. The fraction of sp³-hybridized carbons (Fsp3) is 0.133. The zero-order valence-corrected chi connectivity index (χ0v) is 14.2. The van der Waals surface area contributed by atoms with E-state index in [1.807, 2.05) is 0 Å². The lowest BCUT2D eigenvalue weighted by Gasteiger charge is -2.15. The van der Waals surface area contributed by atoms with E-state index < -0.39 is 11.2 Å². The quantitative estimate of drug-likeness (QED) is 0.696. The van der Waals surface area contributed by atoms with Crippen LogP contribution >= 0.6 is 46.6 Å². The van der Waals surface area contributed by atoms with Crippen LogP contribution in [0.2, 0.25) is 15.1 Å². The predicted molar refractivity (Wildman–Crippen MR) is 90.7 cm³/mol. The predicted octanol–water partition coefficient (Wildman–Crippen LogP) is 5.27. The van der Waals surface area contributed by atoms with E-state index >= 15 is 0 Å². The van der Waals surface area contributed by atoms with Crippen molar-refractivity contribution in [3.05, 3.63) is 57.5 Å². The van der Waals surface area contributed by atoms with Crippen molar-refractivity contribution in [1.82, 2.24) is 0 Å². The molecule has 2 rings (SSSR count). The Kier molecular flexibility index (Phi) is 6.26. The molecule has 2 aromatic carbocycles. The van der Waals surface area contributed by atoms with E-state index in [4.69, 9.17) is 39.5 Å². The third-order valence-corrected chi connectivity index (χ3v) is 5.07. The van der Waals surface area contributed by atoms with Gasteiger partial charge < -0.3 is 9.84 Å². The maximum Gasteiger partial charge on any atom is 0.320 e. The molecule has 0 radical (unpaired) electrons. The van der Waals surface area contributed by atoms with Gasteiger partial charge in [-0.05, 0) is 36.4 Å². The van der Waals surface area contributed by atoms with Gasteiger partial charge in [0.05, 0.1) is 10.0 Å². The number of halogens is 3. The van der Waals surface area contributed by atoms with Crippen LogP contribution in [0, 0.1) is 0 Å². The van der Waals surface area contributed by atoms with Crippen LogP contribution in [0.15, 0.2) is 47.4 Å². The first-order valence-electron chi connectivity index (χ1n) is 6.19. The van der Waals surface area contributed by atoms with Gasteiger partial charge in [0.15, 0.2) is 0 Å². The highest BCUT2D eigenvalue weighted by atomic mass is 35.5. The highest BCUT2D eigenvalue weighted by Crippen LogP contribution is 2.36. The molecule has 1 atom stereocenters. The molecule has 22 heavy (non-hydrogen) atoms. The van der Waals surface area contributed by atoms with Crippen molar-refractivity contribution >= 4 is 52.5 Å². The Labute approximate surface area is 147 Å². The first-order chi connectivity index (χ1) is 10.5. The summed E-state index contributed by atoms with van der Waals surface area (Å²) in [6.07, 6.45) is 0. The second-order valence-corrected chi connectivity index (χ2v) is 6.72. The Morgan fingerprint density at radius 3 is 2.23 bits per heavy atom. The molecular formula is C15H11Cl3O3S. The molecule has 1 N–H and O–H groups in total. The van der Waals surface area contributed by atoms with Crippen molar-refractivity contribution in [3.63, 3.8) is 0 Å². The normalized spacial score (nSPS) is 12.0. The summed E-state index contributed by atoms with van der Waals surface area (Å²) in [4.78, 5) is 11.9. The number of carbonyl (C=O) groups is 1. The zero-order chi connectivity index (χ0) is 16.1. The van der Waals surface area contributed by atoms with Gasteiger partial charge in [0, 0.05) is 9.92 Å². The van der Waals surface area contributed by atoms with Gasteiger partial charge in [-0.1, -0.05) is 40.9 Å². The van der Waals surface area contributed by atoms with E-state index in [9.17, 15) is 9.90 Å². The molecule has 2 aromatic rings. The molecule has 0 heterocycles. The number of carboxylic acid groups (broad SMARTS) is 1. The van der Waals surface area contributed by atoms with E-state index in [1.54, 1.807) is 42.5 Å². The van der Waals surface area contributed by atoms with E-state index in [0.717, 1.165) is 11.8 Å². The lowest BCUT2D eigenvalue weighted by atomic mass is 10.3. The second-order valence-electron chi connectivity index (χ2n) is 4.26. The number of hydrogen-bond acceptors (Lipinski definition) is 3. The van der Waals surface area contributed by atoms with Crippen LogP contribution in [0.4, 0.5) is 0 Å². The molecule has 0 aliphatic carbocycles. The highest BCUT2D eigenvalue weighted by Gasteiger charge is 2.22. The third-order valence-electron chi connectivity index (χ3n) is 2.67. The maximum atomic E-state index is 11.4. The molecule has 0 aliphatic rings. The van der Waals surface area contributed by atoms with Crippen molar-refractivity contribution in [2.45, 2.75) is 10.1 Å². The van der Waals surface area contributed by atoms with E-state index in [2.05, 4.69) is 0 Å². The molecule has 116 valence electrons. The number of hydrogen-bond donors (Lipinski definition) is 1. The molecule has 0 bridgehead atoms. The average molecular weight is 378 g/mol. The van der Waals surface area contributed by atoms with Crippen molar-refractivity contribution in [1.29, 1.82) is 0 Å². The van der Waals surface area contributed by atoms with Gasteiger partial charge in [-0.25, -0.2) is 0 Å². The summed E-state index contributed by atoms with van der Waals surface area (Å²) in [5.74, 6) is -0.462. The van der Waals surface area contributed by atoms with Crippen LogP contribution < -0.4 is 4.74 Å². The highest BCUT2D eigenvalue weighted by molar-refractivity contribution is 8.00. The molecule has 3 nitrogen and oxygen atoms in total. The second kappa shape index (κ2) is 7.97. The van der Waals surface area contributed by atoms with Crippen molar-refractivity contribution in [2.75, 3.05) is 6.61 Å². The summed E-state index contributed by atoms with van der Waals surface area (Å²) in [5, 5.41) is 9.90. The van der Waals surface area contributed by atoms with Gasteiger partial charge in [-0.2, -0.15) is 0 Å². The van der Waals surface area contributed by atoms with Crippen LogP contribution in [-0.4, -0.2) is 22.9 Å². The van der Waals surface area contributed by atoms with Crippen LogP contribution in [0.1, 0.15) is 0 Å². The van der Waals surface area contributed by atoms with Crippen molar-refractivity contribution < 1.29 is 14.6 Å². The van der Waals surface area contributed by atoms with Gasteiger partial charge >= 0.3 is 5.97 Å².